The van der Waals surface area contributed by atoms with Gasteiger partial charge in [0, 0.05) is 12.1 Å². The van der Waals surface area contributed by atoms with Gasteiger partial charge in [-0.05, 0) is 32.2 Å². The first-order valence-electron chi connectivity index (χ1n) is 6.28. The van der Waals surface area contributed by atoms with Gasteiger partial charge in [-0.15, -0.1) is 0 Å². The number of rotatable bonds is 2. The fraction of sp³-hybridized carbons (Fsp3) is 1.00. The lowest BCUT2D eigenvalue weighted by Crippen LogP contribution is -2.40. The Morgan fingerprint density at radius 3 is 2.29 bits per heavy atom. The summed E-state index contributed by atoms with van der Waals surface area (Å²) in [5.41, 5.74) is 0. The molecule has 2 rings (SSSR count). The van der Waals surface area contributed by atoms with E-state index in [-0.39, 0.29) is 0 Å². The first-order chi connectivity index (χ1) is 6.92. The number of aliphatic hydroxyl groups is 1. The second-order valence-corrected chi connectivity index (χ2v) is 4.86. The van der Waals surface area contributed by atoms with Crippen molar-refractivity contribution in [3.05, 3.63) is 0 Å². The van der Waals surface area contributed by atoms with E-state index in [0.717, 1.165) is 6.04 Å². The molecule has 82 valence electrons. The molecule has 0 spiro atoms. The average molecular weight is 197 g/mol. The maximum absolute atomic E-state index is 9.30. The molecule has 0 aromatic heterocycles. The summed E-state index contributed by atoms with van der Waals surface area (Å²) in [7, 11) is 0. The van der Waals surface area contributed by atoms with Gasteiger partial charge >= 0.3 is 0 Å². The zero-order valence-electron chi connectivity index (χ0n) is 9.12. The molecule has 1 saturated heterocycles. The maximum Gasteiger partial charge on any atom is 0.0586 e. The first kappa shape index (κ1) is 10.4. The Kier molecular flexibility index (Phi) is 3.82. The Labute approximate surface area is 87.3 Å². The number of aliphatic hydroxyl groups excluding tert-OH is 1. The zero-order chi connectivity index (χ0) is 9.80. The predicted molar refractivity (Wildman–Crippen MR) is 58.3 cm³/mol. The summed E-state index contributed by atoms with van der Waals surface area (Å²) in [6.45, 7) is 1.60. The van der Waals surface area contributed by atoms with Gasteiger partial charge in [0.2, 0.25) is 0 Å². The standard InChI is InChI=1S/C12H23NO/c14-10-12-8-5-9-13(12)11-6-3-1-2-4-7-11/h11-12,14H,1-10H2. The molecule has 1 aliphatic heterocycles. The monoisotopic (exact) mass is 197 g/mol. The largest absolute Gasteiger partial charge is 0.395 e. The van der Waals surface area contributed by atoms with Gasteiger partial charge in [0.1, 0.15) is 0 Å². The van der Waals surface area contributed by atoms with Crippen LogP contribution in [-0.4, -0.2) is 35.2 Å². The Morgan fingerprint density at radius 2 is 1.64 bits per heavy atom. The van der Waals surface area contributed by atoms with Crippen LogP contribution in [0.4, 0.5) is 0 Å². The summed E-state index contributed by atoms with van der Waals surface area (Å²) >= 11 is 0. The lowest BCUT2D eigenvalue weighted by Gasteiger charge is -2.31. The van der Waals surface area contributed by atoms with Crippen LogP contribution < -0.4 is 0 Å². The third-order valence-electron chi connectivity index (χ3n) is 3.93. The SMILES string of the molecule is OCC1CCCN1C1CCCCCC1. The van der Waals surface area contributed by atoms with Crippen LogP contribution in [0, 0.1) is 0 Å². The zero-order valence-corrected chi connectivity index (χ0v) is 9.12. The highest BCUT2D eigenvalue weighted by atomic mass is 16.3. The highest BCUT2D eigenvalue weighted by molar-refractivity contribution is 4.85. The summed E-state index contributed by atoms with van der Waals surface area (Å²) in [6.07, 6.45) is 10.9. The average Bonchev–Trinajstić information content (AvgIpc) is 2.52. The third kappa shape index (κ3) is 2.29. The van der Waals surface area contributed by atoms with Crippen LogP contribution >= 0.6 is 0 Å². The van der Waals surface area contributed by atoms with E-state index in [2.05, 4.69) is 4.90 Å². The molecular formula is C12H23NO. The third-order valence-corrected chi connectivity index (χ3v) is 3.93. The number of hydrogen-bond donors (Lipinski definition) is 1. The minimum atomic E-state index is 0.372. The van der Waals surface area contributed by atoms with Gasteiger partial charge in [0.15, 0.2) is 0 Å². The maximum atomic E-state index is 9.30. The van der Waals surface area contributed by atoms with Gasteiger partial charge in [-0.1, -0.05) is 25.7 Å². The Morgan fingerprint density at radius 1 is 0.929 bits per heavy atom. The van der Waals surface area contributed by atoms with Crippen LogP contribution in [0.25, 0.3) is 0 Å². The van der Waals surface area contributed by atoms with Crippen LogP contribution in [0.1, 0.15) is 51.4 Å². The Bertz CT molecular complexity index is 164. The van der Waals surface area contributed by atoms with Gasteiger partial charge in [0.05, 0.1) is 6.61 Å². The van der Waals surface area contributed by atoms with Crippen LogP contribution in [0.15, 0.2) is 0 Å². The van der Waals surface area contributed by atoms with Crippen LogP contribution in [0.5, 0.6) is 0 Å². The van der Waals surface area contributed by atoms with E-state index in [4.69, 9.17) is 0 Å². The molecule has 2 nitrogen and oxygen atoms in total. The number of likely N-dealkylation sites (tertiary alicyclic amines) is 1. The van der Waals surface area contributed by atoms with Crippen molar-refractivity contribution in [2.24, 2.45) is 0 Å². The fourth-order valence-corrected chi connectivity index (χ4v) is 3.12. The van der Waals surface area contributed by atoms with Crippen molar-refractivity contribution in [2.45, 2.75) is 63.5 Å². The molecule has 2 aliphatic rings. The quantitative estimate of drug-likeness (QED) is 0.686. The number of hydrogen-bond acceptors (Lipinski definition) is 2. The van der Waals surface area contributed by atoms with Crippen molar-refractivity contribution in [3.63, 3.8) is 0 Å². The number of nitrogens with zero attached hydrogens (tertiary/aromatic N) is 1. The topological polar surface area (TPSA) is 23.5 Å². The molecule has 2 fully saturated rings. The molecule has 1 saturated carbocycles. The molecule has 2 heteroatoms. The van der Waals surface area contributed by atoms with E-state index < -0.39 is 0 Å². The summed E-state index contributed by atoms with van der Waals surface area (Å²) in [5, 5.41) is 9.30. The van der Waals surface area contributed by atoms with Crippen LogP contribution in [0.2, 0.25) is 0 Å². The van der Waals surface area contributed by atoms with Gasteiger partial charge in [-0.3, -0.25) is 4.90 Å². The molecule has 1 atom stereocenters. The molecule has 0 radical (unpaired) electrons. The summed E-state index contributed by atoms with van der Waals surface area (Å²) in [4.78, 5) is 2.59. The van der Waals surface area contributed by atoms with Gasteiger partial charge < -0.3 is 5.11 Å². The van der Waals surface area contributed by atoms with Crippen molar-refractivity contribution >= 4 is 0 Å². The first-order valence-corrected chi connectivity index (χ1v) is 6.28. The van der Waals surface area contributed by atoms with Crippen molar-refractivity contribution in [3.8, 4) is 0 Å². The summed E-state index contributed by atoms with van der Waals surface area (Å²) in [5.74, 6) is 0. The second kappa shape index (κ2) is 5.13. The van der Waals surface area contributed by atoms with Crippen molar-refractivity contribution in [2.75, 3.05) is 13.2 Å². The molecule has 1 N–H and O–H groups in total. The van der Waals surface area contributed by atoms with Gasteiger partial charge in [-0.25, -0.2) is 0 Å². The summed E-state index contributed by atoms with van der Waals surface area (Å²) in [6, 6.07) is 1.27. The molecule has 0 aromatic carbocycles. The van der Waals surface area contributed by atoms with Crippen molar-refractivity contribution in [1.82, 2.24) is 4.90 Å². The van der Waals surface area contributed by atoms with Gasteiger partial charge in [0.25, 0.3) is 0 Å². The van der Waals surface area contributed by atoms with Crippen LogP contribution in [-0.2, 0) is 0 Å². The highest BCUT2D eigenvalue weighted by Crippen LogP contribution is 2.28. The molecule has 1 heterocycles. The lowest BCUT2D eigenvalue weighted by atomic mass is 10.1. The molecule has 0 aromatic rings. The van der Waals surface area contributed by atoms with Gasteiger partial charge in [-0.2, -0.15) is 0 Å². The predicted octanol–water partition coefficient (Wildman–Crippen LogP) is 2.17. The Hall–Kier alpha value is -0.0800. The smallest absolute Gasteiger partial charge is 0.0586 e. The minimum Gasteiger partial charge on any atom is -0.395 e. The molecule has 14 heavy (non-hydrogen) atoms. The fourth-order valence-electron chi connectivity index (χ4n) is 3.12. The normalized spacial score (nSPS) is 31.9. The van der Waals surface area contributed by atoms with E-state index in [9.17, 15) is 5.11 Å². The highest BCUT2D eigenvalue weighted by Gasteiger charge is 2.29. The van der Waals surface area contributed by atoms with E-state index in [0.29, 0.717) is 12.6 Å². The lowest BCUT2D eigenvalue weighted by molar-refractivity contribution is 0.110. The van der Waals surface area contributed by atoms with E-state index in [1.54, 1.807) is 0 Å². The van der Waals surface area contributed by atoms with Crippen molar-refractivity contribution < 1.29 is 5.11 Å². The van der Waals surface area contributed by atoms with Crippen LogP contribution in [0.3, 0.4) is 0 Å². The van der Waals surface area contributed by atoms with E-state index in [1.807, 2.05) is 0 Å². The molecule has 0 amide bonds. The van der Waals surface area contributed by atoms with E-state index in [1.165, 1.54) is 57.9 Å². The molecular weight excluding hydrogens is 174 g/mol. The van der Waals surface area contributed by atoms with Crippen molar-refractivity contribution in [1.29, 1.82) is 0 Å². The van der Waals surface area contributed by atoms with E-state index >= 15 is 0 Å². The molecule has 0 bridgehead atoms. The second-order valence-electron chi connectivity index (χ2n) is 4.86. The molecule has 1 aliphatic carbocycles. The molecule has 1 unspecified atom stereocenters. The summed E-state index contributed by atoms with van der Waals surface area (Å²) < 4.78 is 0. The minimum absolute atomic E-state index is 0.372. The Balaban J connectivity index is 1.91.